The summed E-state index contributed by atoms with van der Waals surface area (Å²) in [7, 11) is 0. The minimum Gasteiger partial charge on any atom is -0.387 e. The van der Waals surface area contributed by atoms with Crippen LogP contribution < -0.4 is 5.73 Å². The molecule has 0 aliphatic carbocycles. The van der Waals surface area contributed by atoms with E-state index in [4.69, 9.17) is 5.73 Å². The topological polar surface area (TPSA) is 77.0 Å². The molecule has 2 aromatic heterocycles. The summed E-state index contributed by atoms with van der Waals surface area (Å²) in [6, 6.07) is 11.5. The number of halogens is 4. The summed E-state index contributed by atoms with van der Waals surface area (Å²) in [6.07, 6.45) is -2.76. The minimum absolute atomic E-state index is 0.176. The molecule has 0 bridgehead atoms. The fraction of sp³-hybridized carbons (Fsp3) is 0.100. The van der Waals surface area contributed by atoms with E-state index in [0.29, 0.717) is 21.1 Å². The van der Waals surface area contributed by atoms with Gasteiger partial charge in [0.05, 0.1) is 5.56 Å². The van der Waals surface area contributed by atoms with Gasteiger partial charge in [0.15, 0.2) is 0 Å². The Hall–Kier alpha value is -3.40. The standard InChI is InChI=1S/C20H13F4N5S/c21-16-9-14-8-12(3-4-13(14)10-26-16)18-28-29-19(30-18)27-17(25)7-11-1-5-15(6-2-11)20(22,23)24/h1-6,8-10H,7H2,(H2,25,27,29). The molecule has 0 saturated heterocycles. The highest BCUT2D eigenvalue weighted by atomic mass is 32.1. The summed E-state index contributed by atoms with van der Waals surface area (Å²) in [6.45, 7) is 0. The van der Waals surface area contributed by atoms with E-state index in [9.17, 15) is 17.6 Å². The van der Waals surface area contributed by atoms with Gasteiger partial charge >= 0.3 is 6.18 Å². The number of pyridine rings is 1. The van der Waals surface area contributed by atoms with Crippen molar-refractivity contribution in [3.63, 3.8) is 0 Å². The Kier molecular flexibility index (Phi) is 5.17. The molecule has 0 fully saturated rings. The first-order valence-corrected chi connectivity index (χ1v) is 9.48. The Labute approximate surface area is 171 Å². The molecule has 0 aliphatic rings. The molecule has 0 spiro atoms. The molecule has 0 amide bonds. The highest BCUT2D eigenvalue weighted by molar-refractivity contribution is 7.18. The van der Waals surface area contributed by atoms with Crippen molar-refractivity contribution in [3.8, 4) is 10.6 Å². The van der Waals surface area contributed by atoms with Crippen molar-refractivity contribution in [2.75, 3.05) is 0 Å². The number of nitrogens with zero attached hydrogens (tertiary/aromatic N) is 4. The Morgan fingerprint density at radius 3 is 2.50 bits per heavy atom. The third kappa shape index (κ3) is 4.43. The number of aromatic nitrogens is 3. The molecule has 0 radical (unpaired) electrons. The third-order valence-corrected chi connectivity index (χ3v) is 5.12. The van der Waals surface area contributed by atoms with Gasteiger partial charge in [-0.1, -0.05) is 35.6 Å². The number of benzene rings is 2. The maximum absolute atomic E-state index is 13.4. The number of aliphatic imine (C=N–C) groups is 1. The van der Waals surface area contributed by atoms with Gasteiger partial charge in [0, 0.05) is 29.6 Å². The van der Waals surface area contributed by atoms with Crippen molar-refractivity contribution in [1.29, 1.82) is 0 Å². The second-order valence-corrected chi connectivity index (χ2v) is 7.39. The normalized spacial score (nSPS) is 12.5. The van der Waals surface area contributed by atoms with Crippen LogP contribution in [0.15, 0.2) is 59.7 Å². The SMILES string of the molecule is NC(Cc1ccc(C(F)(F)F)cc1)=Nc1nnc(-c2ccc3cnc(F)cc3c2)s1. The highest BCUT2D eigenvalue weighted by Crippen LogP contribution is 2.31. The maximum Gasteiger partial charge on any atom is 0.416 e. The van der Waals surface area contributed by atoms with E-state index >= 15 is 0 Å². The van der Waals surface area contributed by atoms with Crippen LogP contribution in [-0.4, -0.2) is 21.0 Å². The molecule has 0 saturated carbocycles. The van der Waals surface area contributed by atoms with Crippen LogP contribution in [0.2, 0.25) is 0 Å². The number of amidine groups is 1. The average Bonchev–Trinajstić information content (AvgIpc) is 3.15. The van der Waals surface area contributed by atoms with Crippen LogP contribution in [0.5, 0.6) is 0 Å². The van der Waals surface area contributed by atoms with E-state index in [1.165, 1.54) is 35.7 Å². The van der Waals surface area contributed by atoms with Crippen LogP contribution in [0, 0.1) is 5.95 Å². The predicted molar refractivity (Wildman–Crippen MR) is 107 cm³/mol. The molecular formula is C20H13F4N5S. The summed E-state index contributed by atoms with van der Waals surface area (Å²) >= 11 is 1.20. The van der Waals surface area contributed by atoms with Gasteiger partial charge in [0.25, 0.3) is 0 Å². The molecule has 2 N–H and O–H groups in total. The summed E-state index contributed by atoms with van der Waals surface area (Å²) in [4.78, 5) is 7.81. The fourth-order valence-corrected chi connectivity index (χ4v) is 3.55. The number of rotatable bonds is 4. The minimum atomic E-state index is -4.38. The van der Waals surface area contributed by atoms with Crippen LogP contribution in [0.4, 0.5) is 22.7 Å². The van der Waals surface area contributed by atoms with E-state index in [1.54, 1.807) is 12.1 Å². The molecule has 0 atom stereocenters. The lowest BCUT2D eigenvalue weighted by Crippen LogP contribution is -2.14. The van der Waals surface area contributed by atoms with E-state index in [0.717, 1.165) is 23.1 Å². The highest BCUT2D eigenvalue weighted by Gasteiger charge is 2.29. The lowest BCUT2D eigenvalue weighted by molar-refractivity contribution is -0.137. The lowest BCUT2D eigenvalue weighted by Gasteiger charge is -2.07. The van der Waals surface area contributed by atoms with Gasteiger partial charge in [0.2, 0.25) is 11.1 Å². The van der Waals surface area contributed by atoms with Crippen LogP contribution in [0.3, 0.4) is 0 Å². The summed E-state index contributed by atoms with van der Waals surface area (Å²) in [5, 5.41) is 10.4. The molecule has 152 valence electrons. The van der Waals surface area contributed by atoms with Gasteiger partial charge in [-0.2, -0.15) is 17.6 Å². The van der Waals surface area contributed by atoms with E-state index in [-0.39, 0.29) is 12.3 Å². The fourth-order valence-electron chi connectivity index (χ4n) is 2.81. The smallest absolute Gasteiger partial charge is 0.387 e. The first-order valence-electron chi connectivity index (χ1n) is 8.66. The summed E-state index contributed by atoms with van der Waals surface area (Å²) in [5.41, 5.74) is 6.54. The van der Waals surface area contributed by atoms with Gasteiger partial charge in [-0.05, 0) is 29.1 Å². The van der Waals surface area contributed by atoms with Crippen molar-refractivity contribution in [3.05, 3.63) is 71.8 Å². The second kappa shape index (κ2) is 7.79. The van der Waals surface area contributed by atoms with Crippen LogP contribution >= 0.6 is 11.3 Å². The zero-order chi connectivity index (χ0) is 21.3. The molecule has 10 heteroatoms. The monoisotopic (exact) mass is 431 g/mol. The van der Waals surface area contributed by atoms with Gasteiger partial charge in [-0.3, -0.25) is 0 Å². The molecular weight excluding hydrogens is 418 g/mol. The Balaban J connectivity index is 1.51. The molecule has 0 aliphatic heterocycles. The molecule has 0 unspecified atom stereocenters. The molecule has 4 rings (SSSR count). The number of alkyl halides is 3. The van der Waals surface area contributed by atoms with Crippen molar-refractivity contribution in [2.24, 2.45) is 10.7 Å². The van der Waals surface area contributed by atoms with Crippen LogP contribution in [0.1, 0.15) is 11.1 Å². The summed E-state index contributed by atoms with van der Waals surface area (Å²) < 4.78 is 51.3. The van der Waals surface area contributed by atoms with Crippen LogP contribution in [-0.2, 0) is 12.6 Å². The quantitative estimate of drug-likeness (QED) is 0.210. The van der Waals surface area contributed by atoms with Crippen molar-refractivity contribution in [2.45, 2.75) is 12.6 Å². The third-order valence-electron chi connectivity index (χ3n) is 4.26. The Bertz CT molecular complexity index is 1230. The first-order chi connectivity index (χ1) is 14.3. The van der Waals surface area contributed by atoms with E-state index in [2.05, 4.69) is 20.2 Å². The van der Waals surface area contributed by atoms with Gasteiger partial charge in [-0.25, -0.2) is 9.98 Å². The second-order valence-electron chi connectivity index (χ2n) is 6.43. The molecule has 2 heterocycles. The average molecular weight is 431 g/mol. The number of fused-ring (bicyclic) bond motifs is 1. The Morgan fingerprint density at radius 2 is 1.77 bits per heavy atom. The predicted octanol–water partition coefficient (Wildman–Crippen LogP) is 5.14. The van der Waals surface area contributed by atoms with E-state index < -0.39 is 17.7 Å². The maximum atomic E-state index is 13.4. The van der Waals surface area contributed by atoms with Crippen molar-refractivity contribution in [1.82, 2.24) is 15.2 Å². The van der Waals surface area contributed by atoms with Crippen LogP contribution in [0.25, 0.3) is 21.3 Å². The Morgan fingerprint density at radius 1 is 1.00 bits per heavy atom. The molecule has 5 nitrogen and oxygen atoms in total. The number of nitrogens with two attached hydrogens (primary N) is 1. The van der Waals surface area contributed by atoms with Gasteiger partial charge < -0.3 is 5.73 Å². The molecule has 4 aromatic rings. The first kappa shape index (κ1) is 19.9. The van der Waals surface area contributed by atoms with Gasteiger partial charge in [0.1, 0.15) is 10.8 Å². The van der Waals surface area contributed by atoms with Crippen molar-refractivity contribution < 1.29 is 17.6 Å². The van der Waals surface area contributed by atoms with Gasteiger partial charge in [-0.15, -0.1) is 10.2 Å². The lowest BCUT2D eigenvalue weighted by atomic mass is 10.1. The number of hydrogen-bond donors (Lipinski definition) is 1. The zero-order valence-corrected chi connectivity index (χ0v) is 16.0. The zero-order valence-electron chi connectivity index (χ0n) is 15.2. The number of hydrogen-bond acceptors (Lipinski definition) is 5. The van der Waals surface area contributed by atoms with E-state index in [1.807, 2.05) is 6.07 Å². The summed E-state index contributed by atoms with van der Waals surface area (Å²) in [5.74, 6) is -0.373. The molecule has 2 aromatic carbocycles. The largest absolute Gasteiger partial charge is 0.416 e. The van der Waals surface area contributed by atoms with Crippen molar-refractivity contribution >= 4 is 33.1 Å². The molecule has 30 heavy (non-hydrogen) atoms.